The fourth-order valence-corrected chi connectivity index (χ4v) is 4.09. The average Bonchev–Trinajstić information content (AvgIpc) is 3.16. The van der Waals surface area contributed by atoms with Crippen molar-refractivity contribution >= 4 is 31.9 Å². The standard InChI is InChI=1S/C13H15BrN2O3S/c14-11-3-4-12(15-7-11)20(18,19)16-13(17)9-2-1-8-5-10(8)6-9/h3-4,7-10H,1-2,5-6H2,(H,16,17). The molecule has 1 aromatic heterocycles. The Morgan fingerprint density at radius 3 is 2.70 bits per heavy atom. The van der Waals surface area contributed by atoms with Gasteiger partial charge in [0.1, 0.15) is 0 Å². The average molecular weight is 359 g/mol. The van der Waals surface area contributed by atoms with Gasteiger partial charge in [0.2, 0.25) is 5.91 Å². The largest absolute Gasteiger partial charge is 0.281 e. The number of halogens is 1. The Kier molecular flexibility index (Phi) is 3.58. The topological polar surface area (TPSA) is 76.1 Å². The third-order valence-corrected chi connectivity index (χ3v) is 5.85. The molecule has 3 rings (SSSR count). The maximum absolute atomic E-state index is 12.1. The van der Waals surface area contributed by atoms with Gasteiger partial charge in [-0.3, -0.25) is 4.79 Å². The van der Waals surface area contributed by atoms with Crippen LogP contribution in [-0.2, 0) is 14.8 Å². The summed E-state index contributed by atoms with van der Waals surface area (Å²) in [6, 6.07) is 2.96. The van der Waals surface area contributed by atoms with Crippen LogP contribution in [0.25, 0.3) is 0 Å². The van der Waals surface area contributed by atoms with Crippen molar-refractivity contribution in [2.45, 2.75) is 30.7 Å². The van der Waals surface area contributed by atoms with E-state index in [0.29, 0.717) is 10.4 Å². The van der Waals surface area contributed by atoms with Gasteiger partial charge in [0, 0.05) is 16.6 Å². The van der Waals surface area contributed by atoms with E-state index in [4.69, 9.17) is 0 Å². The van der Waals surface area contributed by atoms with Crippen molar-refractivity contribution in [3.8, 4) is 0 Å². The molecule has 1 aromatic rings. The van der Waals surface area contributed by atoms with Gasteiger partial charge in [-0.05, 0) is 65.6 Å². The molecule has 3 atom stereocenters. The van der Waals surface area contributed by atoms with E-state index in [9.17, 15) is 13.2 Å². The van der Waals surface area contributed by atoms with Crippen molar-refractivity contribution in [3.63, 3.8) is 0 Å². The molecule has 2 aliphatic carbocycles. The van der Waals surface area contributed by atoms with Gasteiger partial charge < -0.3 is 0 Å². The molecule has 2 saturated carbocycles. The van der Waals surface area contributed by atoms with Crippen LogP contribution in [0.4, 0.5) is 0 Å². The quantitative estimate of drug-likeness (QED) is 0.897. The normalized spacial score (nSPS) is 28.6. The van der Waals surface area contributed by atoms with Crippen molar-refractivity contribution < 1.29 is 13.2 Å². The lowest BCUT2D eigenvalue weighted by Gasteiger charge is -2.20. The summed E-state index contributed by atoms with van der Waals surface area (Å²) in [6.45, 7) is 0. The molecule has 0 radical (unpaired) electrons. The van der Waals surface area contributed by atoms with Crippen LogP contribution in [0.2, 0.25) is 0 Å². The second kappa shape index (κ2) is 5.11. The minimum absolute atomic E-state index is 0.130. The van der Waals surface area contributed by atoms with Crippen LogP contribution in [-0.4, -0.2) is 19.3 Å². The number of carbonyl (C=O) groups is 1. The van der Waals surface area contributed by atoms with Gasteiger partial charge in [0.15, 0.2) is 5.03 Å². The molecule has 1 heterocycles. The Labute approximate surface area is 126 Å². The van der Waals surface area contributed by atoms with E-state index >= 15 is 0 Å². The van der Waals surface area contributed by atoms with Gasteiger partial charge in [-0.15, -0.1) is 0 Å². The summed E-state index contributed by atoms with van der Waals surface area (Å²) in [4.78, 5) is 15.9. The van der Waals surface area contributed by atoms with Crippen LogP contribution in [0.15, 0.2) is 27.8 Å². The predicted octanol–water partition coefficient (Wildman–Crippen LogP) is 2.09. The number of amides is 1. The summed E-state index contributed by atoms with van der Waals surface area (Å²) in [5.41, 5.74) is 0. The number of pyridine rings is 1. The van der Waals surface area contributed by atoms with Gasteiger partial charge in [-0.1, -0.05) is 0 Å². The summed E-state index contributed by atoms with van der Waals surface area (Å²) in [5, 5.41) is -0.130. The molecular weight excluding hydrogens is 344 g/mol. The third kappa shape index (κ3) is 2.88. The number of rotatable bonds is 3. The highest BCUT2D eigenvalue weighted by molar-refractivity contribution is 9.10. The van der Waals surface area contributed by atoms with Crippen LogP contribution < -0.4 is 4.72 Å². The highest BCUT2D eigenvalue weighted by Gasteiger charge is 2.44. The Hall–Kier alpha value is -0.950. The van der Waals surface area contributed by atoms with E-state index in [-0.39, 0.29) is 16.9 Å². The molecule has 108 valence electrons. The molecule has 2 aliphatic rings. The molecule has 0 saturated heterocycles. The number of nitrogens with one attached hydrogen (secondary N) is 1. The van der Waals surface area contributed by atoms with Gasteiger partial charge in [0.05, 0.1) is 0 Å². The molecule has 5 nitrogen and oxygen atoms in total. The van der Waals surface area contributed by atoms with E-state index < -0.39 is 10.0 Å². The second-order valence-electron chi connectivity index (χ2n) is 5.55. The first kappa shape index (κ1) is 14.0. The number of hydrogen-bond donors (Lipinski definition) is 1. The van der Waals surface area contributed by atoms with Crippen molar-refractivity contribution in [2.24, 2.45) is 17.8 Å². The lowest BCUT2D eigenvalue weighted by Crippen LogP contribution is -2.37. The Bertz CT molecular complexity index is 630. The van der Waals surface area contributed by atoms with Gasteiger partial charge >= 0.3 is 0 Å². The van der Waals surface area contributed by atoms with Crippen LogP contribution in [0.1, 0.15) is 25.7 Å². The Morgan fingerprint density at radius 1 is 1.25 bits per heavy atom. The molecule has 7 heteroatoms. The van der Waals surface area contributed by atoms with E-state index in [1.165, 1.54) is 18.7 Å². The first-order chi connectivity index (χ1) is 9.45. The summed E-state index contributed by atoms with van der Waals surface area (Å²) in [5.74, 6) is 0.848. The van der Waals surface area contributed by atoms with Crippen LogP contribution >= 0.6 is 15.9 Å². The molecule has 1 amide bonds. The van der Waals surface area contributed by atoms with E-state index in [1.54, 1.807) is 6.07 Å². The number of fused-ring (bicyclic) bond motifs is 1. The van der Waals surface area contributed by atoms with E-state index in [2.05, 4.69) is 25.6 Å². The minimum atomic E-state index is -3.86. The molecule has 3 unspecified atom stereocenters. The number of carbonyl (C=O) groups excluding carboxylic acids is 1. The second-order valence-corrected chi connectivity index (χ2v) is 8.10. The third-order valence-electron chi connectivity index (χ3n) is 4.12. The van der Waals surface area contributed by atoms with E-state index in [1.807, 2.05) is 0 Å². The van der Waals surface area contributed by atoms with E-state index in [0.717, 1.165) is 25.2 Å². The minimum Gasteiger partial charge on any atom is -0.274 e. The number of hydrogen-bond acceptors (Lipinski definition) is 4. The summed E-state index contributed by atoms with van der Waals surface area (Å²) < 4.78 is 27.0. The van der Waals surface area contributed by atoms with Gasteiger partial charge in [-0.2, -0.15) is 8.42 Å². The molecule has 0 aliphatic heterocycles. The maximum Gasteiger partial charge on any atom is 0.281 e. The summed E-state index contributed by atoms with van der Waals surface area (Å²) in [7, 11) is -3.86. The SMILES string of the molecule is O=C(NS(=O)(=O)c1ccc(Br)cn1)C1CCC2CC2C1. The highest BCUT2D eigenvalue weighted by atomic mass is 79.9. The first-order valence-electron chi connectivity index (χ1n) is 6.64. The fourth-order valence-electron chi connectivity index (χ4n) is 2.88. The zero-order chi connectivity index (χ0) is 14.3. The zero-order valence-electron chi connectivity index (χ0n) is 10.8. The monoisotopic (exact) mass is 358 g/mol. The van der Waals surface area contributed by atoms with Crippen LogP contribution in [0.3, 0.4) is 0 Å². The van der Waals surface area contributed by atoms with Crippen molar-refractivity contribution in [3.05, 3.63) is 22.8 Å². The smallest absolute Gasteiger partial charge is 0.274 e. The predicted molar refractivity (Wildman–Crippen MR) is 76.2 cm³/mol. The van der Waals surface area contributed by atoms with Crippen molar-refractivity contribution in [1.29, 1.82) is 0 Å². The lowest BCUT2D eigenvalue weighted by molar-refractivity contribution is -0.124. The Balaban J connectivity index is 1.69. The molecule has 20 heavy (non-hydrogen) atoms. The van der Waals surface area contributed by atoms with Crippen molar-refractivity contribution in [2.75, 3.05) is 0 Å². The van der Waals surface area contributed by atoms with Crippen molar-refractivity contribution in [1.82, 2.24) is 9.71 Å². The highest BCUT2D eigenvalue weighted by Crippen LogP contribution is 2.51. The molecular formula is C13H15BrN2O3S. The van der Waals surface area contributed by atoms with Gasteiger partial charge in [0.25, 0.3) is 10.0 Å². The number of aromatic nitrogens is 1. The summed E-state index contributed by atoms with van der Waals surface area (Å²) in [6.07, 6.45) is 5.24. The molecule has 0 spiro atoms. The molecule has 0 aromatic carbocycles. The number of nitrogens with zero attached hydrogens (tertiary/aromatic N) is 1. The van der Waals surface area contributed by atoms with Gasteiger partial charge in [-0.25, -0.2) is 9.71 Å². The maximum atomic E-state index is 12.1. The fraction of sp³-hybridized carbons (Fsp3) is 0.538. The number of sulfonamides is 1. The van der Waals surface area contributed by atoms with Crippen LogP contribution in [0.5, 0.6) is 0 Å². The Morgan fingerprint density at radius 2 is 2.05 bits per heavy atom. The molecule has 0 bridgehead atoms. The first-order valence-corrected chi connectivity index (χ1v) is 8.91. The molecule has 2 fully saturated rings. The zero-order valence-corrected chi connectivity index (χ0v) is 13.2. The molecule has 1 N–H and O–H groups in total. The van der Waals surface area contributed by atoms with Crippen LogP contribution in [0, 0.1) is 17.8 Å². The lowest BCUT2D eigenvalue weighted by atomic mass is 9.89. The summed E-state index contributed by atoms with van der Waals surface area (Å²) >= 11 is 3.19.